The van der Waals surface area contributed by atoms with Gasteiger partial charge in [-0.3, -0.25) is 67.7 Å². The molecule has 560 valence electrons. The summed E-state index contributed by atoms with van der Waals surface area (Å²) in [7, 11) is 1.32. The second-order valence-corrected chi connectivity index (χ2v) is 25.4. The van der Waals surface area contributed by atoms with E-state index in [2.05, 4.69) is 62.8 Å². The Morgan fingerprint density at radius 2 is 1.05 bits per heavy atom. The third-order valence-corrected chi connectivity index (χ3v) is 16.6. The molecule has 4 rings (SSSR count). The molecular weight excluding hydrogens is 1320 g/mol. The third kappa shape index (κ3) is 30.9. The van der Waals surface area contributed by atoms with Crippen molar-refractivity contribution in [3.63, 3.8) is 0 Å². The van der Waals surface area contributed by atoms with Gasteiger partial charge in [0.25, 0.3) is 0 Å². The highest BCUT2D eigenvalue weighted by Gasteiger charge is 2.40. The molecule has 0 saturated carbocycles. The molecule has 1 aliphatic rings. The summed E-state index contributed by atoms with van der Waals surface area (Å²) in [5, 5.41) is 34.4. The summed E-state index contributed by atoms with van der Waals surface area (Å²) in [4.78, 5) is 168. The second-order valence-electron chi connectivity index (χ2n) is 25.4. The van der Waals surface area contributed by atoms with Crippen molar-refractivity contribution in [3.05, 3.63) is 102 Å². The molecule has 1 aliphatic heterocycles. The van der Waals surface area contributed by atoms with E-state index in [1.54, 1.807) is 56.3 Å². The van der Waals surface area contributed by atoms with Crippen LogP contribution in [0, 0.1) is 5.92 Å². The molecule has 1 fully saturated rings. The minimum absolute atomic E-state index is 0.00681. The number of carbonyl (C=O) groups excluding carboxylic acids is 11. The zero-order valence-corrected chi connectivity index (χ0v) is 58.7. The van der Waals surface area contributed by atoms with Gasteiger partial charge in [-0.15, -0.1) is 0 Å². The summed E-state index contributed by atoms with van der Waals surface area (Å²) >= 11 is 0. The predicted molar refractivity (Wildman–Crippen MR) is 385 cm³/mol. The van der Waals surface area contributed by atoms with Gasteiger partial charge in [0.1, 0.15) is 54.1 Å². The standard InChI is InChI=1S/C68H106N22O12/c1-41(2)35-51(88-61(98)52(37-43-17-7-5-8-18-43)84-56(93)40-81-55(92)39-82-59(96)50(36-44-26-28-46(91)29-27-44)80-38-45-19-9-6-10-20-45)60(97)87-48(22-13-31-77-66(71)72)64(101)89(4)53(24-15-33-79-68(75)76)62(99)83-42(3)58(95)86-49(23-14-32-78-67(73)74)65(102)90-34-16-25-54(90)63(100)85-47(57(70)94)21-11-12-30-69/h5-10,17-20,26-29,41-42,47-54,80,91H,11-16,21-25,30-40,69H2,1-4H3,(H2,70,94)(H,81,92)(H,82,96)(H,83,99)(H,84,93)(H,85,100)(H,86,95)(H,87,97)(H,88,98)(H4,71,72,77)(H4,73,74,78)(H4,75,76,79)/t42-,47+,48+,49+,50+,51+,52+,53+,54-/m1/s1. The zero-order valence-electron chi connectivity index (χ0n) is 58.7. The van der Waals surface area contributed by atoms with Crippen LogP contribution in [0.2, 0.25) is 0 Å². The molecule has 0 unspecified atom stereocenters. The number of nitrogens with two attached hydrogens (primary N) is 8. The fourth-order valence-electron chi connectivity index (χ4n) is 11.2. The highest BCUT2D eigenvalue weighted by Crippen LogP contribution is 2.22. The lowest BCUT2D eigenvalue weighted by molar-refractivity contribution is -0.144. The van der Waals surface area contributed by atoms with E-state index in [0.29, 0.717) is 37.9 Å². The number of carbonyl (C=O) groups is 11. The maximum absolute atomic E-state index is 15.0. The zero-order chi connectivity index (χ0) is 75.3. The molecule has 0 bridgehead atoms. The number of nitrogens with zero attached hydrogens (tertiary/aromatic N) is 5. The molecule has 0 aliphatic carbocycles. The smallest absolute Gasteiger partial charge is 0.245 e. The number of aliphatic imine (C=N–C) groups is 3. The summed E-state index contributed by atoms with van der Waals surface area (Å²) < 4.78 is 0. The number of primary amides is 1. The van der Waals surface area contributed by atoms with Gasteiger partial charge >= 0.3 is 0 Å². The maximum Gasteiger partial charge on any atom is 0.245 e. The largest absolute Gasteiger partial charge is 0.508 e. The van der Waals surface area contributed by atoms with E-state index in [1.165, 1.54) is 31.0 Å². The van der Waals surface area contributed by atoms with Crippen LogP contribution >= 0.6 is 0 Å². The Hall–Kier alpha value is -10.6. The van der Waals surface area contributed by atoms with Gasteiger partial charge in [-0.25, -0.2) is 0 Å². The number of nitrogens with one attached hydrogen (secondary N) is 9. The number of hydrogen-bond acceptors (Lipinski definition) is 17. The number of aromatic hydroxyl groups is 1. The molecule has 0 spiro atoms. The normalized spacial score (nSPS) is 14.8. The van der Waals surface area contributed by atoms with E-state index in [9.17, 15) is 57.8 Å². The van der Waals surface area contributed by atoms with Crippen molar-refractivity contribution in [2.24, 2.45) is 66.8 Å². The van der Waals surface area contributed by atoms with E-state index in [-0.39, 0.29) is 126 Å². The van der Waals surface area contributed by atoms with Crippen LogP contribution in [0.5, 0.6) is 5.75 Å². The quantitative estimate of drug-likeness (QED) is 0.0146. The molecule has 11 amide bonds. The first kappa shape index (κ1) is 83.8. The van der Waals surface area contributed by atoms with Crippen molar-refractivity contribution in [2.75, 3.05) is 52.9 Å². The molecule has 0 radical (unpaired) electrons. The summed E-state index contributed by atoms with van der Waals surface area (Å²) in [5.74, 6) is -8.98. The number of benzene rings is 3. The van der Waals surface area contributed by atoms with E-state index in [1.807, 2.05) is 30.3 Å². The van der Waals surface area contributed by atoms with Crippen LogP contribution < -0.4 is 93.7 Å². The monoisotopic (exact) mass is 1420 g/mol. The lowest BCUT2D eigenvalue weighted by atomic mass is 10.00. The van der Waals surface area contributed by atoms with Gasteiger partial charge in [0.05, 0.1) is 19.1 Å². The number of phenols is 1. The average molecular weight is 1420 g/mol. The molecule has 3 aromatic carbocycles. The van der Waals surface area contributed by atoms with E-state index in [0.717, 1.165) is 16.0 Å². The van der Waals surface area contributed by atoms with Crippen LogP contribution in [0.25, 0.3) is 0 Å². The van der Waals surface area contributed by atoms with Crippen molar-refractivity contribution in [1.29, 1.82) is 0 Å². The van der Waals surface area contributed by atoms with Gasteiger partial charge in [-0.05, 0) is 132 Å². The molecule has 102 heavy (non-hydrogen) atoms. The van der Waals surface area contributed by atoms with Crippen molar-refractivity contribution < 1.29 is 57.8 Å². The molecule has 3 aromatic rings. The Morgan fingerprint density at radius 1 is 0.529 bits per heavy atom. The van der Waals surface area contributed by atoms with Gasteiger partial charge in [0.15, 0.2) is 17.9 Å². The highest BCUT2D eigenvalue weighted by molar-refractivity contribution is 5.99. The summed E-state index contributed by atoms with van der Waals surface area (Å²) in [6.45, 7) is 4.74. The van der Waals surface area contributed by atoms with Crippen LogP contribution in [0.3, 0.4) is 0 Å². The fraction of sp³-hybridized carbons (Fsp3) is 0.529. The van der Waals surface area contributed by atoms with Crippen molar-refractivity contribution in [2.45, 2.75) is 172 Å². The summed E-state index contributed by atoms with van der Waals surface area (Å²) in [6, 6.07) is 13.5. The highest BCUT2D eigenvalue weighted by atomic mass is 16.3. The van der Waals surface area contributed by atoms with Crippen molar-refractivity contribution in [1.82, 2.24) is 57.7 Å². The number of phenolic OH excluding ortho intramolecular Hbond substituents is 1. The summed E-state index contributed by atoms with van der Waals surface area (Å²) in [5.41, 5.74) is 47.1. The van der Waals surface area contributed by atoms with E-state index in [4.69, 9.17) is 45.9 Å². The first-order valence-electron chi connectivity index (χ1n) is 34.2. The minimum Gasteiger partial charge on any atom is -0.508 e. The topological polar surface area (TPSA) is 568 Å². The first-order valence-corrected chi connectivity index (χ1v) is 34.2. The van der Waals surface area contributed by atoms with Gasteiger partial charge in [-0.2, -0.15) is 0 Å². The molecule has 1 heterocycles. The lowest BCUT2D eigenvalue weighted by Crippen LogP contribution is -2.60. The third-order valence-electron chi connectivity index (χ3n) is 16.6. The first-order chi connectivity index (χ1) is 48.6. The van der Waals surface area contributed by atoms with Crippen LogP contribution in [0.4, 0.5) is 0 Å². The number of rotatable bonds is 45. The Labute approximate surface area is 594 Å². The number of guanidine groups is 3. The lowest BCUT2D eigenvalue weighted by Gasteiger charge is -2.33. The average Bonchev–Trinajstić information content (AvgIpc) is 1.58. The van der Waals surface area contributed by atoms with E-state index < -0.39 is 132 Å². The van der Waals surface area contributed by atoms with Gasteiger partial charge in [0, 0.05) is 46.2 Å². The molecular formula is C68H106N22O12. The maximum atomic E-state index is 15.0. The molecule has 34 heteroatoms. The summed E-state index contributed by atoms with van der Waals surface area (Å²) in [6.07, 6.45) is 2.36. The van der Waals surface area contributed by atoms with Crippen LogP contribution in [0.15, 0.2) is 99.9 Å². The minimum atomic E-state index is -1.42. The Bertz CT molecular complexity index is 3310. The second kappa shape index (κ2) is 44.5. The van der Waals surface area contributed by atoms with E-state index >= 15 is 0 Å². The Morgan fingerprint density at radius 3 is 1.63 bits per heavy atom. The van der Waals surface area contributed by atoms with Gasteiger partial charge in [0.2, 0.25) is 65.0 Å². The van der Waals surface area contributed by atoms with Gasteiger partial charge < -0.3 is 109 Å². The SMILES string of the molecule is CC(C)C[C@H](NC(=O)[C@H](Cc1ccccc1)NC(=O)CNC(=O)CNC(=O)[C@H](Cc1ccc(O)cc1)NCc1ccccc1)C(=O)N[C@@H](CCCN=C(N)N)C(=O)N(C)[C@@H](CCCN=C(N)N)C(=O)N[C@H](C)C(=O)N[C@@H](CCCN=C(N)N)C(=O)N1CCC[C@@H]1C(=O)N[C@@H](CCCCN)C(N)=O. The molecule has 1 saturated heterocycles. The predicted octanol–water partition coefficient (Wildman–Crippen LogP) is -3.86. The molecule has 34 nitrogen and oxygen atoms in total. The van der Waals surface area contributed by atoms with Crippen molar-refractivity contribution >= 4 is 82.9 Å². The molecule has 0 aromatic heterocycles. The van der Waals surface area contributed by atoms with Crippen LogP contribution in [-0.2, 0) is 72.1 Å². The van der Waals surface area contributed by atoms with Crippen LogP contribution in [0.1, 0.15) is 115 Å². The number of likely N-dealkylation sites (N-methyl/N-ethyl adjacent to an activating group) is 1. The number of unbranched alkanes of at least 4 members (excludes halogenated alkanes) is 1. The number of amides is 11. The van der Waals surface area contributed by atoms with Gasteiger partial charge in [-0.1, -0.05) is 86.6 Å². The van der Waals surface area contributed by atoms with Crippen LogP contribution in [-0.4, -0.2) is 205 Å². The fourth-order valence-corrected chi connectivity index (χ4v) is 11.2. The number of likely N-dealkylation sites (tertiary alicyclic amines) is 1. The molecule has 26 N–H and O–H groups in total. The number of hydrogen-bond donors (Lipinski definition) is 18. The Kier molecular flexibility index (Phi) is 36.5. The molecule has 9 atom stereocenters. The Balaban J connectivity index is 1.54. The van der Waals surface area contributed by atoms with Crippen molar-refractivity contribution in [3.8, 4) is 5.75 Å².